The molecule has 0 fully saturated rings. The summed E-state index contributed by atoms with van der Waals surface area (Å²) in [5.41, 5.74) is 1.99. The molecule has 32 heavy (non-hydrogen) atoms. The van der Waals surface area contributed by atoms with Crippen LogP contribution in [0.5, 0.6) is 5.75 Å². The summed E-state index contributed by atoms with van der Waals surface area (Å²) < 4.78 is 11.3. The minimum absolute atomic E-state index is 0.391. The number of nitrogens with one attached hydrogen (secondary N) is 1. The predicted molar refractivity (Wildman–Crippen MR) is 121 cm³/mol. The second-order valence-corrected chi connectivity index (χ2v) is 7.71. The zero-order valence-electron chi connectivity index (χ0n) is 18.4. The molecule has 3 rings (SSSR count). The van der Waals surface area contributed by atoms with Crippen molar-refractivity contribution in [3.05, 3.63) is 75.6 Å². The van der Waals surface area contributed by atoms with Gasteiger partial charge in [0.05, 0.1) is 0 Å². The summed E-state index contributed by atoms with van der Waals surface area (Å²) in [7, 11) is 0. The van der Waals surface area contributed by atoms with Crippen LogP contribution in [0.15, 0.2) is 57.7 Å². The van der Waals surface area contributed by atoms with Gasteiger partial charge in [0.1, 0.15) is 11.3 Å². The van der Waals surface area contributed by atoms with E-state index in [1.165, 1.54) is 13.0 Å². The molecule has 0 saturated heterocycles. The first-order chi connectivity index (χ1) is 15.3. The van der Waals surface area contributed by atoms with Gasteiger partial charge < -0.3 is 19.6 Å². The minimum atomic E-state index is -1.19. The summed E-state index contributed by atoms with van der Waals surface area (Å²) in [6, 6.07) is 12.3. The van der Waals surface area contributed by atoms with E-state index in [1.54, 1.807) is 43.3 Å². The number of aryl methyl sites for hydroxylation is 2. The third-order valence-electron chi connectivity index (χ3n) is 5.34. The molecule has 2 atom stereocenters. The number of carboxylic acids is 1. The molecule has 0 aliphatic rings. The van der Waals surface area contributed by atoms with Crippen LogP contribution in [0.4, 0.5) is 0 Å². The molecule has 1 heterocycles. The van der Waals surface area contributed by atoms with Crippen molar-refractivity contribution in [2.75, 3.05) is 0 Å². The number of carboxylic acid groups (broad SMARTS) is 1. The molecule has 2 aromatic carbocycles. The smallest absolute Gasteiger partial charge is 0.336 e. The highest BCUT2D eigenvalue weighted by Crippen LogP contribution is 2.30. The second-order valence-electron chi connectivity index (χ2n) is 7.71. The number of rotatable bonds is 9. The zero-order chi connectivity index (χ0) is 23.3. The van der Waals surface area contributed by atoms with Crippen LogP contribution >= 0.6 is 0 Å². The fraction of sp³-hybridized carbons (Fsp3) is 0.320. The van der Waals surface area contributed by atoms with Gasteiger partial charge in [0.25, 0.3) is 5.91 Å². The molecule has 0 aliphatic carbocycles. The van der Waals surface area contributed by atoms with Gasteiger partial charge in [-0.15, -0.1) is 0 Å². The number of amides is 1. The van der Waals surface area contributed by atoms with Gasteiger partial charge in [0, 0.05) is 17.0 Å². The highest BCUT2D eigenvalue weighted by molar-refractivity contribution is 5.88. The lowest BCUT2D eigenvalue weighted by Gasteiger charge is -2.20. The first kappa shape index (κ1) is 23.1. The zero-order valence-corrected chi connectivity index (χ0v) is 18.4. The average molecular weight is 437 g/mol. The Morgan fingerprint density at radius 1 is 1.16 bits per heavy atom. The Bertz CT molecular complexity index is 1170. The maximum absolute atomic E-state index is 12.7. The molecule has 168 valence electrons. The van der Waals surface area contributed by atoms with Crippen molar-refractivity contribution in [2.45, 2.75) is 52.2 Å². The van der Waals surface area contributed by atoms with Gasteiger partial charge >= 0.3 is 11.6 Å². The molecule has 7 nitrogen and oxygen atoms in total. The van der Waals surface area contributed by atoms with Crippen molar-refractivity contribution >= 4 is 22.8 Å². The number of carbonyl (C=O) groups is 2. The highest BCUT2D eigenvalue weighted by Gasteiger charge is 2.26. The van der Waals surface area contributed by atoms with E-state index >= 15 is 0 Å². The predicted octanol–water partition coefficient (Wildman–Crippen LogP) is 4.15. The lowest BCUT2D eigenvalue weighted by molar-refractivity contribution is -0.143. The highest BCUT2D eigenvalue weighted by atomic mass is 16.5. The molecule has 1 amide bonds. The molecule has 0 saturated carbocycles. The van der Waals surface area contributed by atoms with Gasteiger partial charge in [-0.1, -0.05) is 43.7 Å². The number of hydrogen-bond acceptors (Lipinski definition) is 5. The van der Waals surface area contributed by atoms with Gasteiger partial charge in [-0.25, -0.2) is 9.59 Å². The minimum Gasteiger partial charge on any atom is -0.480 e. The summed E-state index contributed by atoms with van der Waals surface area (Å²) in [6.45, 7) is 5.39. The Balaban J connectivity index is 1.82. The largest absolute Gasteiger partial charge is 0.480 e. The van der Waals surface area contributed by atoms with Crippen molar-refractivity contribution in [3.63, 3.8) is 0 Å². The van der Waals surface area contributed by atoms with Crippen LogP contribution in [-0.2, 0) is 16.0 Å². The summed E-state index contributed by atoms with van der Waals surface area (Å²) in [6.07, 6.45) is 1.77. The lowest BCUT2D eigenvalue weighted by Crippen LogP contribution is -2.41. The number of hydrogen-bond donors (Lipinski definition) is 2. The Labute approximate surface area is 186 Å². The van der Waals surface area contributed by atoms with Gasteiger partial charge in [-0.2, -0.15) is 0 Å². The van der Waals surface area contributed by atoms with Crippen LogP contribution in [0.2, 0.25) is 0 Å². The van der Waals surface area contributed by atoms with E-state index in [0.717, 1.165) is 30.2 Å². The monoisotopic (exact) mass is 437 g/mol. The fourth-order valence-electron chi connectivity index (χ4n) is 3.55. The van der Waals surface area contributed by atoms with E-state index in [1.807, 2.05) is 6.07 Å². The molecular formula is C25H27NO6. The molecule has 0 radical (unpaired) electrons. The van der Waals surface area contributed by atoms with Gasteiger partial charge in [-0.05, 0) is 49.9 Å². The summed E-state index contributed by atoms with van der Waals surface area (Å²) in [5.74, 6) is -1.35. The van der Waals surface area contributed by atoms with Crippen LogP contribution in [0.3, 0.4) is 0 Å². The van der Waals surface area contributed by atoms with Crippen molar-refractivity contribution < 1.29 is 23.8 Å². The average Bonchev–Trinajstić information content (AvgIpc) is 2.78. The molecule has 7 heteroatoms. The summed E-state index contributed by atoms with van der Waals surface area (Å²) >= 11 is 0. The first-order valence-electron chi connectivity index (χ1n) is 10.6. The molecule has 0 bridgehead atoms. The maximum Gasteiger partial charge on any atom is 0.336 e. The Kier molecular flexibility index (Phi) is 7.30. The van der Waals surface area contributed by atoms with Crippen LogP contribution in [0.1, 0.15) is 49.4 Å². The normalized spacial score (nSPS) is 12.8. The Morgan fingerprint density at radius 3 is 2.53 bits per heavy atom. The maximum atomic E-state index is 12.7. The molecular weight excluding hydrogens is 410 g/mol. The van der Waals surface area contributed by atoms with E-state index in [0.29, 0.717) is 22.5 Å². The number of unbranched alkanes of at least 4 members (excludes halogenated alkanes) is 1. The third-order valence-corrected chi connectivity index (χ3v) is 5.34. The van der Waals surface area contributed by atoms with Gasteiger partial charge in [-0.3, -0.25) is 4.79 Å². The topological polar surface area (TPSA) is 106 Å². The molecule has 2 N–H and O–H groups in total. The SMILES string of the molecule is CCCCc1cc(=O)oc2c(C)c(OC(C)C(=O)N[C@H](C(=O)O)c3ccccc3)ccc12. The number of benzene rings is 2. The Hall–Kier alpha value is -3.61. The van der Waals surface area contributed by atoms with Crippen LogP contribution < -0.4 is 15.7 Å². The number of carbonyl (C=O) groups excluding carboxylic acids is 1. The molecule has 1 unspecified atom stereocenters. The first-order valence-corrected chi connectivity index (χ1v) is 10.6. The quantitative estimate of drug-likeness (QED) is 0.487. The standard InChI is InChI=1S/C25H27NO6/c1-4-5-9-18-14-21(27)32-23-15(2)20(13-12-19(18)23)31-16(3)24(28)26-22(25(29)30)17-10-7-6-8-11-17/h6-8,10-14,16,22H,4-5,9H2,1-3H3,(H,26,28)(H,29,30)/t16?,22-/m0/s1. The van der Waals surface area contributed by atoms with Crippen LogP contribution in [0.25, 0.3) is 11.0 Å². The summed E-state index contributed by atoms with van der Waals surface area (Å²) in [4.78, 5) is 36.4. The summed E-state index contributed by atoms with van der Waals surface area (Å²) in [5, 5.41) is 12.9. The lowest BCUT2D eigenvalue weighted by atomic mass is 10.0. The van der Waals surface area contributed by atoms with Gasteiger partial charge in [0.2, 0.25) is 0 Å². The van der Waals surface area contributed by atoms with Crippen molar-refractivity contribution in [3.8, 4) is 5.75 Å². The van der Waals surface area contributed by atoms with E-state index in [9.17, 15) is 19.5 Å². The molecule has 1 aromatic heterocycles. The van der Waals surface area contributed by atoms with E-state index in [2.05, 4.69) is 12.2 Å². The third kappa shape index (κ3) is 5.17. The van der Waals surface area contributed by atoms with Crippen LogP contribution in [-0.4, -0.2) is 23.1 Å². The second kappa shape index (κ2) is 10.1. The van der Waals surface area contributed by atoms with E-state index in [-0.39, 0.29) is 0 Å². The van der Waals surface area contributed by atoms with Gasteiger partial charge in [0.15, 0.2) is 12.1 Å². The van der Waals surface area contributed by atoms with E-state index in [4.69, 9.17) is 9.15 Å². The molecule has 3 aromatic rings. The molecule has 0 aliphatic heterocycles. The fourth-order valence-corrected chi connectivity index (χ4v) is 3.55. The number of ether oxygens (including phenoxy) is 1. The number of fused-ring (bicyclic) bond motifs is 1. The van der Waals surface area contributed by atoms with E-state index < -0.39 is 29.6 Å². The van der Waals surface area contributed by atoms with Crippen molar-refractivity contribution in [1.82, 2.24) is 5.32 Å². The number of aliphatic carboxylic acids is 1. The molecule has 0 spiro atoms. The van der Waals surface area contributed by atoms with Crippen molar-refractivity contribution in [2.24, 2.45) is 0 Å². The Morgan fingerprint density at radius 2 is 1.88 bits per heavy atom. The van der Waals surface area contributed by atoms with Crippen molar-refractivity contribution in [1.29, 1.82) is 0 Å². The van der Waals surface area contributed by atoms with Crippen LogP contribution in [0, 0.1) is 6.92 Å².